The molecule has 0 saturated carbocycles. The lowest BCUT2D eigenvalue weighted by atomic mass is 9.97. The number of rotatable bonds is 7. The second-order valence-corrected chi connectivity index (χ2v) is 5.70. The summed E-state index contributed by atoms with van der Waals surface area (Å²) >= 11 is 0. The second kappa shape index (κ2) is 11.5. The average Bonchev–Trinajstić information content (AvgIpc) is 2.32. The summed E-state index contributed by atoms with van der Waals surface area (Å²) in [4.78, 5) is 21.1. The van der Waals surface area contributed by atoms with Crippen molar-refractivity contribution in [1.82, 2.24) is 0 Å². The minimum Gasteiger partial charge on any atom is -0.481 e. The SMILES string of the molecule is C=CC(=O)OC(C)(C)C.CCCCC(CCC)C(=O)O. The Morgan fingerprint density at radius 2 is 1.75 bits per heavy atom. The van der Waals surface area contributed by atoms with Gasteiger partial charge in [0, 0.05) is 6.08 Å². The highest BCUT2D eigenvalue weighted by Gasteiger charge is 2.14. The van der Waals surface area contributed by atoms with Crippen LogP contribution in [0.2, 0.25) is 0 Å². The Hall–Kier alpha value is -1.32. The van der Waals surface area contributed by atoms with E-state index in [1.807, 2.05) is 27.7 Å². The number of carbonyl (C=O) groups is 2. The van der Waals surface area contributed by atoms with Crippen LogP contribution in [0, 0.1) is 5.92 Å². The third-order valence-corrected chi connectivity index (χ3v) is 2.47. The minimum absolute atomic E-state index is 0.0973. The number of carbonyl (C=O) groups excluding carboxylic acids is 1. The van der Waals surface area contributed by atoms with Crippen LogP contribution in [0.1, 0.15) is 66.7 Å². The van der Waals surface area contributed by atoms with E-state index in [4.69, 9.17) is 9.84 Å². The second-order valence-electron chi connectivity index (χ2n) is 5.70. The molecule has 0 aromatic heterocycles. The van der Waals surface area contributed by atoms with E-state index in [9.17, 15) is 9.59 Å². The van der Waals surface area contributed by atoms with Crippen LogP contribution < -0.4 is 0 Å². The van der Waals surface area contributed by atoms with Crippen molar-refractivity contribution < 1.29 is 19.4 Å². The fourth-order valence-corrected chi connectivity index (χ4v) is 1.53. The Morgan fingerprint density at radius 1 is 1.20 bits per heavy atom. The number of hydrogen-bond donors (Lipinski definition) is 1. The Labute approximate surface area is 123 Å². The molecular formula is C16H30O4. The summed E-state index contributed by atoms with van der Waals surface area (Å²) in [6.45, 7) is 12.8. The van der Waals surface area contributed by atoms with Crippen LogP contribution >= 0.6 is 0 Å². The van der Waals surface area contributed by atoms with Gasteiger partial charge in [-0.1, -0.05) is 39.7 Å². The maximum absolute atomic E-state index is 10.6. The van der Waals surface area contributed by atoms with Crippen LogP contribution in [-0.4, -0.2) is 22.6 Å². The molecule has 0 saturated heterocycles. The Balaban J connectivity index is 0. The summed E-state index contributed by atoms with van der Waals surface area (Å²) in [6.07, 6.45) is 5.94. The molecule has 0 radical (unpaired) electrons. The standard InChI is InChI=1S/C9H18O2.C7H12O2/c1-3-5-7-8(6-4-2)9(10)11;1-5-6(8)9-7(2,3)4/h8H,3-7H2,1-2H3,(H,10,11);5H,1H2,2-4H3. The summed E-state index contributed by atoms with van der Waals surface area (Å²) < 4.78 is 4.83. The van der Waals surface area contributed by atoms with Crippen molar-refractivity contribution in [3.63, 3.8) is 0 Å². The summed E-state index contributed by atoms with van der Waals surface area (Å²) in [5.74, 6) is -1.09. The molecule has 0 amide bonds. The van der Waals surface area contributed by atoms with Crippen LogP contribution in [0.25, 0.3) is 0 Å². The van der Waals surface area contributed by atoms with E-state index in [2.05, 4.69) is 13.5 Å². The van der Waals surface area contributed by atoms with Gasteiger partial charge in [0.15, 0.2) is 0 Å². The lowest BCUT2D eigenvalue weighted by Crippen LogP contribution is -2.22. The molecule has 0 rings (SSSR count). The summed E-state index contributed by atoms with van der Waals surface area (Å²) in [7, 11) is 0. The van der Waals surface area contributed by atoms with Crippen molar-refractivity contribution in [3.05, 3.63) is 12.7 Å². The molecule has 0 heterocycles. The zero-order valence-corrected chi connectivity index (χ0v) is 13.6. The summed E-state index contributed by atoms with van der Waals surface area (Å²) in [6, 6.07) is 0. The lowest BCUT2D eigenvalue weighted by molar-refractivity contribution is -0.148. The first kappa shape index (κ1) is 21.0. The first-order chi connectivity index (χ1) is 9.17. The van der Waals surface area contributed by atoms with Crippen LogP contribution in [-0.2, 0) is 14.3 Å². The molecule has 4 nitrogen and oxygen atoms in total. The molecule has 0 bridgehead atoms. The zero-order valence-electron chi connectivity index (χ0n) is 13.6. The summed E-state index contributed by atoms with van der Waals surface area (Å²) in [5, 5.41) is 8.73. The van der Waals surface area contributed by atoms with Crippen molar-refractivity contribution in [2.45, 2.75) is 72.3 Å². The molecule has 4 heteroatoms. The summed E-state index contributed by atoms with van der Waals surface area (Å²) in [5.41, 5.74) is -0.398. The van der Waals surface area contributed by atoms with Gasteiger partial charge in [-0.3, -0.25) is 4.79 Å². The first-order valence-corrected chi connectivity index (χ1v) is 7.26. The molecule has 0 fully saturated rings. The average molecular weight is 286 g/mol. The quantitative estimate of drug-likeness (QED) is 0.563. The van der Waals surface area contributed by atoms with Crippen molar-refractivity contribution >= 4 is 11.9 Å². The van der Waals surface area contributed by atoms with Gasteiger partial charge in [0.2, 0.25) is 0 Å². The fraction of sp³-hybridized carbons (Fsp3) is 0.750. The van der Waals surface area contributed by atoms with Crippen molar-refractivity contribution in [2.75, 3.05) is 0 Å². The molecule has 1 unspecified atom stereocenters. The van der Waals surface area contributed by atoms with Gasteiger partial charge in [0.05, 0.1) is 5.92 Å². The molecule has 0 aliphatic heterocycles. The van der Waals surface area contributed by atoms with Gasteiger partial charge < -0.3 is 9.84 Å². The zero-order chi connectivity index (χ0) is 16.2. The van der Waals surface area contributed by atoms with Gasteiger partial charge in [0.25, 0.3) is 0 Å². The van der Waals surface area contributed by atoms with E-state index in [1.165, 1.54) is 0 Å². The molecule has 0 aromatic rings. The van der Waals surface area contributed by atoms with Gasteiger partial charge in [-0.2, -0.15) is 0 Å². The number of carboxylic acids is 1. The maximum Gasteiger partial charge on any atom is 0.330 e. The van der Waals surface area contributed by atoms with E-state index in [1.54, 1.807) is 0 Å². The first-order valence-electron chi connectivity index (χ1n) is 7.26. The van der Waals surface area contributed by atoms with E-state index in [0.717, 1.165) is 38.2 Å². The molecule has 0 aliphatic rings. The normalized spacial score (nSPS) is 11.8. The largest absolute Gasteiger partial charge is 0.481 e. The molecule has 0 aromatic carbocycles. The Kier molecular flexibility index (Phi) is 12.1. The lowest BCUT2D eigenvalue weighted by Gasteiger charge is -2.17. The van der Waals surface area contributed by atoms with E-state index in [-0.39, 0.29) is 11.9 Å². The van der Waals surface area contributed by atoms with E-state index < -0.39 is 11.6 Å². The number of unbranched alkanes of at least 4 members (excludes halogenated alkanes) is 1. The van der Waals surface area contributed by atoms with Gasteiger partial charge in [-0.05, 0) is 33.6 Å². The Morgan fingerprint density at radius 3 is 2.00 bits per heavy atom. The number of ether oxygens (including phenoxy) is 1. The molecule has 1 N–H and O–H groups in total. The van der Waals surface area contributed by atoms with Gasteiger partial charge in [-0.15, -0.1) is 0 Å². The number of carboxylic acid groups (broad SMARTS) is 1. The smallest absolute Gasteiger partial charge is 0.330 e. The Bertz CT molecular complexity index is 289. The highest BCUT2D eigenvalue weighted by Crippen LogP contribution is 2.14. The van der Waals surface area contributed by atoms with E-state index >= 15 is 0 Å². The van der Waals surface area contributed by atoms with Crippen LogP contribution in [0.3, 0.4) is 0 Å². The van der Waals surface area contributed by atoms with E-state index in [0.29, 0.717) is 0 Å². The maximum atomic E-state index is 10.6. The number of aliphatic carboxylic acids is 1. The van der Waals surface area contributed by atoms with Gasteiger partial charge >= 0.3 is 11.9 Å². The monoisotopic (exact) mass is 286 g/mol. The number of hydrogen-bond acceptors (Lipinski definition) is 3. The van der Waals surface area contributed by atoms with Crippen molar-refractivity contribution in [1.29, 1.82) is 0 Å². The predicted octanol–water partition coefficient (Wildman–Crippen LogP) is 4.19. The highest BCUT2D eigenvalue weighted by atomic mass is 16.6. The fourth-order valence-electron chi connectivity index (χ4n) is 1.53. The molecule has 0 spiro atoms. The molecule has 1 atom stereocenters. The van der Waals surface area contributed by atoms with Crippen molar-refractivity contribution in [2.24, 2.45) is 5.92 Å². The van der Waals surface area contributed by atoms with Gasteiger partial charge in [-0.25, -0.2) is 4.79 Å². The molecule has 0 aliphatic carbocycles. The number of esters is 1. The van der Waals surface area contributed by atoms with Gasteiger partial charge in [0.1, 0.15) is 5.60 Å². The predicted molar refractivity (Wildman–Crippen MR) is 81.6 cm³/mol. The molecular weight excluding hydrogens is 256 g/mol. The topological polar surface area (TPSA) is 63.6 Å². The van der Waals surface area contributed by atoms with Crippen LogP contribution in [0.4, 0.5) is 0 Å². The van der Waals surface area contributed by atoms with Crippen LogP contribution in [0.5, 0.6) is 0 Å². The third-order valence-electron chi connectivity index (χ3n) is 2.47. The molecule has 20 heavy (non-hydrogen) atoms. The minimum atomic E-state index is -0.625. The third kappa shape index (κ3) is 14.7. The highest BCUT2D eigenvalue weighted by molar-refractivity contribution is 5.81. The van der Waals surface area contributed by atoms with Crippen molar-refractivity contribution in [3.8, 4) is 0 Å². The van der Waals surface area contributed by atoms with Crippen LogP contribution in [0.15, 0.2) is 12.7 Å². The molecule has 118 valence electrons.